The predicted molar refractivity (Wildman–Crippen MR) is 95.0 cm³/mol. The number of nitrogens with one attached hydrogen (secondary N) is 1. The Labute approximate surface area is 143 Å². The fourth-order valence-electron chi connectivity index (χ4n) is 3.48. The van der Waals surface area contributed by atoms with Crippen molar-refractivity contribution in [1.82, 2.24) is 9.88 Å². The van der Waals surface area contributed by atoms with E-state index < -0.39 is 0 Å². The number of hydrogen-bond donors (Lipinski definition) is 1. The van der Waals surface area contributed by atoms with Crippen LogP contribution in [0.15, 0.2) is 30.3 Å². The van der Waals surface area contributed by atoms with Gasteiger partial charge >= 0.3 is 0 Å². The second-order valence-electron chi connectivity index (χ2n) is 6.01. The standard InChI is InChI=1S/C18H18ClFN2S/c19-17-10-14-15-11-21-7-6-16(15)22(18(14)23-17)8-2-4-12-3-1-5-13(20)9-12/h1,3,5,9-10,21H,2,4,6-8,11H2. The summed E-state index contributed by atoms with van der Waals surface area (Å²) >= 11 is 7.89. The zero-order chi connectivity index (χ0) is 15.8. The molecule has 23 heavy (non-hydrogen) atoms. The van der Waals surface area contributed by atoms with Crippen LogP contribution in [0.1, 0.15) is 23.2 Å². The normalized spacial score (nSPS) is 14.3. The first-order valence-corrected chi connectivity index (χ1v) is 9.16. The van der Waals surface area contributed by atoms with Crippen LogP contribution < -0.4 is 5.32 Å². The van der Waals surface area contributed by atoms with Gasteiger partial charge in [0, 0.05) is 37.1 Å². The second kappa shape index (κ2) is 6.27. The number of aryl methyl sites for hydroxylation is 2. The Bertz CT molecular complexity index is 852. The van der Waals surface area contributed by atoms with Crippen LogP contribution >= 0.6 is 22.9 Å². The second-order valence-corrected chi connectivity index (χ2v) is 7.67. The maximum atomic E-state index is 13.3. The van der Waals surface area contributed by atoms with E-state index in [1.807, 2.05) is 6.07 Å². The summed E-state index contributed by atoms with van der Waals surface area (Å²) in [4.78, 5) is 1.28. The minimum atomic E-state index is -0.153. The van der Waals surface area contributed by atoms with Gasteiger partial charge in [0.1, 0.15) is 10.6 Å². The van der Waals surface area contributed by atoms with E-state index in [4.69, 9.17) is 11.6 Å². The fraction of sp³-hybridized carbons (Fsp3) is 0.333. The number of nitrogens with zero attached hydrogens (tertiary/aromatic N) is 1. The summed E-state index contributed by atoms with van der Waals surface area (Å²) in [7, 11) is 0. The molecular weight excluding hydrogens is 331 g/mol. The minimum Gasteiger partial charge on any atom is -0.336 e. The van der Waals surface area contributed by atoms with E-state index >= 15 is 0 Å². The summed E-state index contributed by atoms with van der Waals surface area (Å²) in [6.45, 7) is 2.91. The zero-order valence-corrected chi connectivity index (χ0v) is 14.3. The van der Waals surface area contributed by atoms with Gasteiger partial charge in [-0.3, -0.25) is 0 Å². The molecule has 0 amide bonds. The van der Waals surface area contributed by atoms with Crippen LogP contribution in [-0.4, -0.2) is 11.1 Å². The number of hydrogen-bond acceptors (Lipinski definition) is 2. The molecule has 0 spiro atoms. The molecule has 0 atom stereocenters. The highest BCUT2D eigenvalue weighted by atomic mass is 35.5. The Morgan fingerprint density at radius 3 is 3.09 bits per heavy atom. The van der Waals surface area contributed by atoms with Gasteiger partial charge in [0.15, 0.2) is 0 Å². The Kier molecular flexibility index (Phi) is 4.14. The number of halogens is 2. The van der Waals surface area contributed by atoms with Crippen molar-refractivity contribution < 1.29 is 4.39 Å². The molecule has 5 heteroatoms. The molecular formula is C18H18ClFN2S. The van der Waals surface area contributed by atoms with Crippen molar-refractivity contribution >= 4 is 33.2 Å². The molecule has 0 saturated heterocycles. The van der Waals surface area contributed by atoms with Crippen LogP contribution in [0.5, 0.6) is 0 Å². The maximum Gasteiger partial charge on any atom is 0.123 e. The Morgan fingerprint density at radius 2 is 2.22 bits per heavy atom. The average Bonchev–Trinajstić information content (AvgIpc) is 3.04. The highest BCUT2D eigenvalue weighted by molar-refractivity contribution is 7.22. The molecule has 3 heterocycles. The van der Waals surface area contributed by atoms with E-state index in [0.717, 1.165) is 48.8 Å². The molecule has 1 aliphatic heterocycles. The van der Waals surface area contributed by atoms with E-state index in [-0.39, 0.29) is 5.82 Å². The fourth-order valence-corrected chi connectivity index (χ4v) is 4.78. The van der Waals surface area contributed by atoms with Crippen molar-refractivity contribution in [2.45, 2.75) is 32.4 Å². The lowest BCUT2D eigenvalue weighted by Crippen LogP contribution is -2.24. The quantitative estimate of drug-likeness (QED) is 0.718. The maximum absolute atomic E-state index is 13.3. The molecule has 1 aliphatic rings. The molecule has 0 bridgehead atoms. The third kappa shape index (κ3) is 2.91. The van der Waals surface area contributed by atoms with Crippen LogP contribution in [0.3, 0.4) is 0 Å². The van der Waals surface area contributed by atoms with Gasteiger partial charge in [-0.1, -0.05) is 23.7 Å². The van der Waals surface area contributed by atoms with Crippen molar-refractivity contribution in [3.05, 3.63) is 57.3 Å². The molecule has 0 fully saturated rings. The van der Waals surface area contributed by atoms with E-state index in [0.29, 0.717) is 0 Å². The molecule has 2 aromatic heterocycles. The Balaban J connectivity index is 1.58. The lowest BCUT2D eigenvalue weighted by Gasteiger charge is -2.17. The van der Waals surface area contributed by atoms with Crippen molar-refractivity contribution in [3.8, 4) is 0 Å². The first-order valence-electron chi connectivity index (χ1n) is 7.97. The zero-order valence-electron chi connectivity index (χ0n) is 12.7. The summed E-state index contributed by atoms with van der Waals surface area (Å²) in [5.41, 5.74) is 3.91. The van der Waals surface area contributed by atoms with Crippen molar-refractivity contribution in [2.75, 3.05) is 6.54 Å². The molecule has 120 valence electrons. The predicted octanol–water partition coefficient (Wildman–Crippen LogP) is 4.77. The molecule has 0 saturated carbocycles. The first-order chi connectivity index (χ1) is 11.2. The third-order valence-corrected chi connectivity index (χ3v) is 5.79. The van der Waals surface area contributed by atoms with Gasteiger partial charge in [-0.2, -0.15) is 0 Å². The van der Waals surface area contributed by atoms with Crippen LogP contribution in [0.2, 0.25) is 4.34 Å². The Hall–Kier alpha value is -1.36. The minimum absolute atomic E-state index is 0.153. The summed E-state index contributed by atoms with van der Waals surface area (Å²) in [5.74, 6) is -0.153. The SMILES string of the molecule is Fc1cccc(CCCn2c3c(c4cc(Cl)sc42)CNCC3)c1. The van der Waals surface area contributed by atoms with Crippen LogP contribution in [0.25, 0.3) is 10.2 Å². The van der Waals surface area contributed by atoms with Gasteiger partial charge in [0.05, 0.1) is 4.34 Å². The highest BCUT2D eigenvalue weighted by Gasteiger charge is 2.21. The van der Waals surface area contributed by atoms with Gasteiger partial charge in [-0.15, -0.1) is 11.3 Å². The van der Waals surface area contributed by atoms with Crippen LogP contribution in [0, 0.1) is 5.82 Å². The molecule has 2 nitrogen and oxygen atoms in total. The number of rotatable bonds is 4. The number of thiophene rings is 1. The first kappa shape index (κ1) is 15.2. The average molecular weight is 349 g/mol. The number of aromatic nitrogens is 1. The summed E-state index contributed by atoms with van der Waals surface area (Å²) in [6.07, 6.45) is 2.96. The molecule has 1 aromatic carbocycles. The molecule has 4 rings (SSSR count). The summed E-state index contributed by atoms with van der Waals surface area (Å²) in [5, 5.41) is 4.75. The smallest absolute Gasteiger partial charge is 0.123 e. The van der Waals surface area contributed by atoms with Gasteiger partial charge in [-0.25, -0.2) is 4.39 Å². The number of benzene rings is 1. The van der Waals surface area contributed by atoms with Gasteiger partial charge < -0.3 is 9.88 Å². The molecule has 0 aliphatic carbocycles. The van der Waals surface area contributed by atoms with Gasteiger partial charge in [-0.05, 0) is 42.2 Å². The van der Waals surface area contributed by atoms with Crippen molar-refractivity contribution in [2.24, 2.45) is 0 Å². The lowest BCUT2D eigenvalue weighted by molar-refractivity contribution is 0.579. The number of fused-ring (bicyclic) bond motifs is 3. The van der Waals surface area contributed by atoms with Crippen molar-refractivity contribution in [1.29, 1.82) is 0 Å². The third-order valence-electron chi connectivity index (χ3n) is 4.50. The molecule has 1 N–H and O–H groups in total. The van der Waals surface area contributed by atoms with E-state index in [1.165, 1.54) is 27.5 Å². The van der Waals surface area contributed by atoms with E-state index in [9.17, 15) is 4.39 Å². The monoisotopic (exact) mass is 348 g/mol. The molecule has 0 radical (unpaired) electrons. The topological polar surface area (TPSA) is 17.0 Å². The van der Waals surface area contributed by atoms with Crippen molar-refractivity contribution in [3.63, 3.8) is 0 Å². The summed E-state index contributed by atoms with van der Waals surface area (Å²) in [6, 6.07) is 9.00. The van der Waals surface area contributed by atoms with E-state index in [1.54, 1.807) is 23.5 Å². The summed E-state index contributed by atoms with van der Waals surface area (Å²) < 4.78 is 16.6. The molecule has 3 aromatic rings. The highest BCUT2D eigenvalue weighted by Crippen LogP contribution is 2.37. The van der Waals surface area contributed by atoms with Gasteiger partial charge in [0.2, 0.25) is 0 Å². The largest absolute Gasteiger partial charge is 0.336 e. The lowest BCUT2D eigenvalue weighted by atomic mass is 10.1. The van der Waals surface area contributed by atoms with E-state index in [2.05, 4.69) is 16.0 Å². The van der Waals surface area contributed by atoms with Crippen LogP contribution in [0.4, 0.5) is 4.39 Å². The van der Waals surface area contributed by atoms with Gasteiger partial charge in [0.25, 0.3) is 0 Å². The Morgan fingerprint density at radius 1 is 1.30 bits per heavy atom. The molecule has 0 unspecified atom stereocenters. The van der Waals surface area contributed by atoms with Crippen LogP contribution in [-0.2, 0) is 25.9 Å².